The molecule has 1 aromatic carbocycles. The van der Waals surface area contributed by atoms with Gasteiger partial charge in [-0.15, -0.1) is 0 Å². The molecule has 40 heavy (non-hydrogen) atoms. The molecular formula is C31H39F2N5O2. The Morgan fingerprint density at radius 1 is 1.18 bits per heavy atom. The summed E-state index contributed by atoms with van der Waals surface area (Å²) in [6, 6.07) is 6.66. The van der Waals surface area contributed by atoms with E-state index in [0.717, 1.165) is 38.2 Å². The molecular weight excluding hydrogens is 512 g/mol. The molecule has 9 heteroatoms. The first-order chi connectivity index (χ1) is 19.4. The lowest BCUT2D eigenvalue weighted by Gasteiger charge is -2.48. The number of benzene rings is 1. The normalized spacial score (nSPS) is 22.0. The Morgan fingerprint density at radius 3 is 2.67 bits per heavy atom. The lowest BCUT2D eigenvalue weighted by molar-refractivity contribution is 0.00361. The fourth-order valence-electron chi connectivity index (χ4n) is 6.98. The van der Waals surface area contributed by atoms with Crippen LogP contribution in [-0.4, -0.2) is 83.1 Å². The highest BCUT2D eigenvalue weighted by atomic mass is 19.1. The summed E-state index contributed by atoms with van der Waals surface area (Å²) in [6.45, 7) is 11.4. The Bertz CT molecular complexity index is 1400. The quantitative estimate of drug-likeness (QED) is 0.484. The molecule has 3 aliphatic rings. The van der Waals surface area contributed by atoms with Gasteiger partial charge in [-0.05, 0) is 81.4 Å². The van der Waals surface area contributed by atoms with Crippen LogP contribution in [0.15, 0.2) is 30.5 Å². The number of aryl methyl sites for hydroxylation is 1. The van der Waals surface area contributed by atoms with Crippen molar-refractivity contribution in [1.82, 2.24) is 24.5 Å². The van der Waals surface area contributed by atoms with Gasteiger partial charge in [-0.25, -0.2) is 9.37 Å². The van der Waals surface area contributed by atoms with Gasteiger partial charge in [0.25, 0.3) is 5.91 Å². The number of imidazole rings is 1. The van der Waals surface area contributed by atoms with Gasteiger partial charge < -0.3 is 19.4 Å². The number of carbonyl (C=O) groups is 1. The van der Waals surface area contributed by atoms with Crippen molar-refractivity contribution in [3.8, 4) is 11.1 Å². The summed E-state index contributed by atoms with van der Waals surface area (Å²) in [6.07, 6.45) is 5.56. The van der Waals surface area contributed by atoms with E-state index < -0.39 is 11.8 Å². The number of pyridine rings is 1. The number of ether oxygens (including phenoxy) is 1. The number of morpholine rings is 1. The number of nitrogens with one attached hydrogen (secondary N) is 1. The molecule has 1 unspecified atom stereocenters. The van der Waals surface area contributed by atoms with Gasteiger partial charge in [0.05, 0.1) is 24.8 Å². The Kier molecular flexibility index (Phi) is 7.63. The summed E-state index contributed by atoms with van der Waals surface area (Å²) in [7, 11) is 0. The number of piperidine rings is 1. The first-order valence-electron chi connectivity index (χ1n) is 14.7. The number of amides is 1. The van der Waals surface area contributed by atoms with Crippen molar-refractivity contribution in [2.75, 3.05) is 45.9 Å². The summed E-state index contributed by atoms with van der Waals surface area (Å²) in [5.41, 5.74) is 2.73. The van der Waals surface area contributed by atoms with Crippen molar-refractivity contribution >= 4 is 11.4 Å². The van der Waals surface area contributed by atoms with Crippen LogP contribution in [0.4, 0.5) is 8.78 Å². The number of rotatable bonds is 6. The minimum absolute atomic E-state index is 0.134. The number of fused-ring (bicyclic) bond motifs is 1. The van der Waals surface area contributed by atoms with Gasteiger partial charge in [0, 0.05) is 43.4 Å². The van der Waals surface area contributed by atoms with E-state index in [1.807, 2.05) is 19.2 Å². The van der Waals surface area contributed by atoms with Crippen molar-refractivity contribution in [2.24, 2.45) is 5.92 Å². The van der Waals surface area contributed by atoms with Gasteiger partial charge in [-0.1, -0.05) is 13.0 Å². The summed E-state index contributed by atoms with van der Waals surface area (Å²) < 4.78 is 37.2. The summed E-state index contributed by atoms with van der Waals surface area (Å²) in [4.78, 5) is 22.2. The van der Waals surface area contributed by atoms with Crippen LogP contribution in [-0.2, 0) is 4.74 Å². The smallest absolute Gasteiger partial charge is 0.254 e. The number of likely N-dealkylation sites (tertiary alicyclic amines) is 1. The average Bonchev–Trinajstić information content (AvgIpc) is 3.23. The van der Waals surface area contributed by atoms with Crippen LogP contribution in [0.3, 0.4) is 0 Å². The standard InChI is InChI=1S/C31H39F2N5O2/c1-4-28(21-7-9-34-10-8-21)36-15-23(16-36)22-13-26(29-30(33)35-20(3)38(29)17-22)25-6-5-24(32)14-27(25)31(39)37-11-12-40-18-19(37)2/h5-6,13-14,17,19,21,23,28,34H,4,7-12,15-16,18H2,1-3H3/t19-,28?/m1/s1. The second kappa shape index (κ2) is 11.2. The monoisotopic (exact) mass is 551 g/mol. The lowest BCUT2D eigenvalue weighted by atomic mass is 9.82. The van der Waals surface area contributed by atoms with Crippen LogP contribution in [0.5, 0.6) is 0 Å². The highest BCUT2D eigenvalue weighted by Crippen LogP contribution is 2.38. The maximum absolute atomic E-state index is 15.3. The molecule has 3 aliphatic heterocycles. The van der Waals surface area contributed by atoms with E-state index >= 15 is 4.39 Å². The van der Waals surface area contributed by atoms with Crippen LogP contribution in [0.1, 0.15) is 60.8 Å². The highest BCUT2D eigenvalue weighted by Gasteiger charge is 2.37. The molecule has 3 fully saturated rings. The molecule has 214 valence electrons. The van der Waals surface area contributed by atoms with E-state index in [1.165, 1.54) is 25.0 Å². The van der Waals surface area contributed by atoms with E-state index in [0.29, 0.717) is 60.1 Å². The zero-order valence-electron chi connectivity index (χ0n) is 23.6. The number of halogens is 2. The zero-order chi connectivity index (χ0) is 28.0. The van der Waals surface area contributed by atoms with Gasteiger partial charge >= 0.3 is 0 Å². The molecule has 6 rings (SSSR count). The van der Waals surface area contributed by atoms with Gasteiger partial charge in [-0.3, -0.25) is 9.69 Å². The molecule has 0 spiro atoms. The van der Waals surface area contributed by atoms with E-state index in [9.17, 15) is 9.18 Å². The Balaban J connectivity index is 1.37. The molecule has 7 nitrogen and oxygen atoms in total. The molecule has 1 amide bonds. The van der Waals surface area contributed by atoms with Crippen molar-refractivity contribution in [1.29, 1.82) is 0 Å². The maximum atomic E-state index is 15.3. The zero-order valence-corrected chi connectivity index (χ0v) is 23.6. The molecule has 3 aromatic rings. The number of hydrogen-bond donors (Lipinski definition) is 1. The largest absolute Gasteiger partial charge is 0.377 e. The first kappa shape index (κ1) is 27.3. The van der Waals surface area contributed by atoms with Crippen LogP contribution in [0, 0.1) is 24.6 Å². The highest BCUT2D eigenvalue weighted by molar-refractivity contribution is 6.03. The van der Waals surface area contributed by atoms with E-state index in [1.54, 1.807) is 22.3 Å². The van der Waals surface area contributed by atoms with Crippen LogP contribution < -0.4 is 5.32 Å². The maximum Gasteiger partial charge on any atom is 0.254 e. The molecule has 1 N–H and O–H groups in total. The third-order valence-electron chi connectivity index (χ3n) is 9.22. The molecule has 0 saturated carbocycles. The van der Waals surface area contributed by atoms with Gasteiger partial charge in [-0.2, -0.15) is 4.39 Å². The summed E-state index contributed by atoms with van der Waals surface area (Å²) >= 11 is 0. The summed E-state index contributed by atoms with van der Waals surface area (Å²) in [5.74, 6) is 0.197. The van der Waals surface area contributed by atoms with E-state index in [-0.39, 0.29) is 17.5 Å². The van der Waals surface area contributed by atoms with E-state index in [2.05, 4.69) is 22.1 Å². The Hall–Kier alpha value is -2.88. The third-order valence-corrected chi connectivity index (χ3v) is 9.22. The molecule has 3 saturated heterocycles. The predicted molar refractivity (Wildman–Crippen MR) is 151 cm³/mol. The Morgan fingerprint density at radius 2 is 1.95 bits per heavy atom. The van der Waals surface area contributed by atoms with Crippen LogP contribution in [0.25, 0.3) is 16.6 Å². The van der Waals surface area contributed by atoms with Crippen molar-refractivity contribution in [3.05, 3.63) is 59.2 Å². The van der Waals surface area contributed by atoms with Crippen LogP contribution in [0.2, 0.25) is 0 Å². The fraction of sp³-hybridized carbons (Fsp3) is 0.548. The molecule has 0 aliphatic carbocycles. The lowest BCUT2D eigenvalue weighted by Crippen LogP contribution is -2.54. The molecule has 2 atom stereocenters. The van der Waals surface area contributed by atoms with Crippen molar-refractivity contribution < 1.29 is 18.3 Å². The Labute approximate surface area is 234 Å². The second-order valence-corrected chi connectivity index (χ2v) is 11.7. The van der Waals surface area contributed by atoms with Gasteiger partial charge in [0.2, 0.25) is 5.95 Å². The van der Waals surface area contributed by atoms with E-state index in [4.69, 9.17) is 4.74 Å². The second-order valence-electron chi connectivity index (χ2n) is 11.7. The average molecular weight is 552 g/mol. The number of aromatic nitrogens is 2. The van der Waals surface area contributed by atoms with Crippen molar-refractivity contribution in [3.63, 3.8) is 0 Å². The van der Waals surface area contributed by atoms with Gasteiger partial charge in [0.1, 0.15) is 17.2 Å². The molecule has 0 bridgehead atoms. The minimum atomic E-state index is -0.589. The molecule has 0 radical (unpaired) electrons. The summed E-state index contributed by atoms with van der Waals surface area (Å²) in [5, 5.41) is 3.47. The fourth-order valence-corrected chi connectivity index (χ4v) is 6.98. The number of hydrogen-bond acceptors (Lipinski definition) is 5. The topological polar surface area (TPSA) is 62.1 Å². The molecule has 2 aromatic heterocycles. The predicted octanol–water partition coefficient (Wildman–Crippen LogP) is 4.63. The SMILES string of the molecule is CCC(C1CCNCC1)N1CC(c2cc(-c3ccc(F)cc3C(=O)N3CCOC[C@H]3C)c3c(F)nc(C)n3c2)C1. The van der Waals surface area contributed by atoms with Gasteiger partial charge in [0.15, 0.2) is 0 Å². The molecule has 5 heterocycles. The van der Waals surface area contributed by atoms with Crippen LogP contribution >= 0.6 is 0 Å². The third kappa shape index (κ3) is 4.92. The number of carbonyl (C=O) groups excluding carboxylic acids is 1. The van der Waals surface area contributed by atoms with Crippen molar-refractivity contribution in [2.45, 2.75) is 58.0 Å². The first-order valence-corrected chi connectivity index (χ1v) is 14.7. The number of nitrogens with zero attached hydrogens (tertiary/aromatic N) is 4. The minimum Gasteiger partial charge on any atom is -0.377 e.